The van der Waals surface area contributed by atoms with Gasteiger partial charge in [0, 0.05) is 12.2 Å². The van der Waals surface area contributed by atoms with Crippen LogP contribution in [0.3, 0.4) is 0 Å². The lowest BCUT2D eigenvalue weighted by atomic mass is 9.88. The second kappa shape index (κ2) is 3.09. The molecule has 1 N–H and O–H groups in total. The molecule has 0 saturated carbocycles. The number of nitrogens with one attached hydrogen (secondary N) is 1. The second-order valence-electron chi connectivity index (χ2n) is 3.53. The van der Waals surface area contributed by atoms with Gasteiger partial charge in [0.05, 0.1) is 0 Å². The van der Waals surface area contributed by atoms with Gasteiger partial charge in [-0.25, -0.2) is 0 Å². The molecule has 0 aliphatic carbocycles. The summed E-state index contributed by atoms with van der Waals surface area (Å²) in [5.41, 5.74) is 1.22. The molecule has 1 fully saturated rings. The first-order chi connectivity index (χ1) is 4.70. The zero-order valence-corrected chi connectivity index (χ0v) is 6.98. The SMILES string of the molecule is C=C1CC[C@@H](C(C)C)CN1. The van der Waals surface area contributed by atoms with Crippen molar-refractivity contribution in [3.05, 3.63) is 12.3 Å². The predicted molar refractivity (Wildman–Crippen MR) is 44.7 cm³/mol. The highest BCUT2D eigenvalue weighted by Gasteiger charge is 2.17. The fourth-order valence-electron chi connectivity index (χ4n) is 1.39. The van der Waals surface area contributed by atoms with E-state index in [1.165, 1.54) is 18.5 Å². The second-order valence-corrected chi connectivity index (χ2v) is 3.53. The molecule has 1 heteroatoms. The minimum Gasteiger partial charge on any atom is -0.389 e. The van der Waals surface area contributed by atoms with E-state index in [0.717, 1.165) is 18.4 Å². The van der Waals surface area contributed by atoms with E-state index >= 15 is 0 Å². The average Bonchev–Trinajstić information content (AvgIpc) is 1.88. The van der Waals surface area contributed by atoms with Crippen molar-refractivity contribution in [3.8, 4) is 0 Å². The Morgan fingerprint density at radius 2 is 2.30 bits per heavy atom. The molecule has 10 heavy (non-hydrogen) atoms. The fraction of sp³-hybridized carbons (Fsp3) is 0.778. The molecule has 1 nitrogen and oxygen atoms in total. The molecule has 0 spiro atoms. The molecule has 0 amide bonds. The van der Waals surface area contributed by atoms with Crippen molar-refractivity contribution in [2.75, 3.05) is 6.54 Å². The summed E-state index contributed by atoms with van der Waals surface area (Å²) in [4.78, 5) is 0. The Kier molecular flexibility index (Phi) is 2.36. The van der Waals surface area contributed by atoms with Crippen molar-refractivity contribution in [2.24, 2.45) is 11.8 Å². The lowest BCUT2D eigenvalue weighted by molar-refractivity contribution is 0.321. The van der Waals surface area contributed by atoms with Gasteiger partial charge in [0.2, 0.25) is 0 Å². The van der Waals surface area contributed by atoms with E-state index in [1.54, 1.807) is 0 Å². The third-order valence-corrected chi connectivity index (χ3v) is 2.37. The Labute approximate surface area is 63.5 Å². The summed E-state index contributed by atoms with van der Waals surface area (Å²) < 4.78 is 0. The molecule has 58 valence electrons. The smallest absolute Gasteiger partial charge is 0.0174 e. The number of piperidine rings is 1. The standard InChI is InChI=1S/C9H17N/c1-7(2)9-5-4-8(3)10-6-9/h7,9-10H,3-6H2,1-2H3/t9-/m1/s1. The van der Waals surface area contributed by atoms with Crippen molar-refractivity contribution in [1.82, 2.24) is 5.32 Å². The Balaban J connectivity index is 2.33. The first-order valence-electron chi connectivity index (χ1n) is 4.12. The predicted octanol–water partition coefficient (Wildman–Crippen LogP) is 2.16. The first kappa shape index (κ1) is 7.64. The van der Waals surface area contributed by atoms with Crippen molar-refractivity contribution in [1.29, 1.82) is 0 Å². The molecule has 0 radical (unpaired) electrons. The highest BCUT2D eigenvalue weighted by atomic mass is 14.9. The maximum atomic E-state index is 3.90. The summed E-state index contributed by atoms with van der Waals surface area (Å²) in [6.07, 6.45) is 2.49. The van der Waals surface area contributed by atoms with Gasteiger partial charge in [-0.15, -0.1) is 0 Å². The third kappa shape index (κ3) is 1.76. The van der Waals surface area contributed by atoms with Crippen molar-refractivity contribution < 1.29 is 0 Å². The van der Waals surface area contributed by atoms with E-state index in [2.05, 4.69) is 25.7 Å². The molecule has 0 bridgehead atoms. The number of allylic oxidation sites excluding steroid dienone is 1. The van der Waals surface area contributed by atoms with Crippen LogP contribution in [0, 0.1) is 11.8 Å². The van der Waals surface area contributed by atoms with Gasteiger partial charge < -0.3 is 5.32 Å². The van der Waals surface area contributed by atoms with Crippen LogP contribution in [0.4, 0.5) is 0 Å². The first-order valence-corrected chi connectivity index (χ1v) is 4.12. The van der Waals surface area contributed by atoms with Crippen LogP contribution < -0.4 is 5.32 Å². The third-order valence-electron chi connectivity index (χ3n) is 2.37. The zero-order chi connectivity index (χ0) is 7.56. The van der Waals surface area contributed by atoms with Crippen LogP contribution in [0.15, 0.2) is 12.3 Å². The summed E-state index contributed by atoms with van der Waals surface area (Å²) in [7, 11) is 0. The summed E-state index contributed by atoms with van der Waals surface area (Å²) in [6, 6.07) is 0. The van der Waals surface area contributed by atoms with Crippen LogP contribution in [0.25, 0.3) is 0 Å². The number of hydrogen-bond donors (Lipinski definition) is 1. The molecule has 1 aliphatic rings. The summed E-state index contributed by atoms with van der Waals surface area (Å²) in [6.45, 7) is 9.62. The molecule has 1 rings (SSSR count). The van der Waals surface area contributed by atoms with Crippen LogP contribution in [0.5, 0.6) is 0 Å². The topological polar surface area (TPSA) is 12.0 Å². The highest BCUT2D eigenvalue weighted by molar-refractivity contribution is 4.96. The van der Waals surface area contributed by atoms with Crippen LogP contribution in [-0.4, -0.2) is 6.54 Å². The van der Waals surface area contributed by atoms with Gasteiger partial charge in [0.1, 0.15) is 0 Å². The molecule has 1 saturated heterocycles. The van der Waals surface area contributed by atoms with E-state index in [9.17, 15) is 0 Å². The van der Waals surface area contributed by atoms with Gasteiger partial charge in [0.25, 0.3) is 0 Å². The molecule has 1 aliphatic heterocycles. The van der Waals surface area contributed by atoms with Gasteiger partial charge in [-0.05, 0) is 24.7 Å². The lowest BCUT2D eigenvalue weighted by Crippen LogP contribution is -2.30. The van der Waals surface area contributed by atoms with Crippen molar-refractivity contribution in [3.63, 3.8) is 0 Å². The van der Waals surface area contributed by atoms with Crippen LogP contribution in [-0.2, 0) is 0 Å². The van der Waals surface area contributed by atoms with E-state index in [1.807, 2.05) is 0 Å². The molecule has 1 heterocycles. The number of hydrogen-bond acceptors (Lipinski definition) is 1. The van der Waals surface area contributed by atoms with E-state index in [-0.39, 0.29) is 0 Å². The Morgan fingerprint density at radius 3 is 2.70 bits per heavy atom. The molecular weight excluding hydrogens is 122 g/mol. The van der Waals surface area contributed by atoms with Crippen LogP contribution in [0.2, 0.25) is 0 Å². The van der Waals surface area contributed by atoms with E-state index < -0.39 is 0 Å². The molecule has 0 aromatic rings. The Morgan fingerprint density at radius 1 is 1.60 bits per heavy atom. The van der Waals surface area contributed by atoms with Crippen LogP contribution >= 0.6 is 0 Å². The van der Waals surface area contributed by atoms with Gasteiger partial charge in [0.15, 0.2) is 0 Å². The summed E-state index contributed by atoms with van der Waals surface area (Å²) in [5.74, 6) is 1.69. The normalized spacial score (nSPS) is 26.7. The van der Waals surface area contributed by atoms with E-state index in [0.29, 0.717) is 0 Å². The van der Waals surface area contributed by atoms with Gasteiger partial charge >= 0.3 is 0 Å². The monoisotopic (exact) mass is 139 g/mol. The quantitative estimate of drug-likeness (QED) is 0.587. The van der Waals surface area contributed by atoms with E-state index in [4.69, 9.17) is 0 Å². The summed E-state index contributed by atoms with van der Waals surface area (Å²) in [5, 5.41) is 3.32. The minimum absolute atomic E-state index is 0.820. The average molecular weight is 139 g/mol. The van der Waals surface area contributed by atoms with Gasteiger partial charge in [-0.2, -0.15) is 0 Å². The molecule has 1 atom stereocenters. The molecule has 0 unspecified atom stereocenters. The lowest BCUT2D eigenvalue weighted by Gasteiger charge is -2.27. The maximum Gasteiger partial charge on any atom is 0.0174 e. The fourth-order valence-corrected chi connectivity index (χ4v) is 1.39. The molecule has 0 aromatic carbocycles. The number of rotatable bonds is 1. The summed E-state index contributed by atoms with van der Waals surface area (Å²) >= 11 is 0. The molecule has 0 aromatic heterocycles. The maximum absolute atomic E-state index is 3.90. The Hall–Kier alpha value is -0.460. The van der Waals surface area contributed by atoms with Crippen molar-refractivity contribution >= 4 is 0 Å². The van der Waals surface area contributed by atoms with Crippen molar-refractivity contribution in [2.45, 2.75) is 26.7 Å². The Bertz CT molecular complexity index is 117. The highest BCUT2D eigenvalue weighted by Crippen LogP contribution is 2.21. The van der Waals surface area contributed by atoms with Crippen LogP contribution in [0.1, 0.15) is 26.7 Å². The zero-order valence-electron chi connectivity index (χ0n) is 6.98. The minimum atomic E-state index is 0.820. The van der Waals surface area contributed by atoms with Gasteiger partial charge in [-0.1, -0.05) is 20.4 Å². The molecular formula is C9H17N. The largest absolute Gasteiger partial charge is 0.389 e. The van der Waals surface area contributed by atoms with Gasteiger partial charge in [-0.3, -0.25) is 0 Å².